The molecule has 0 aliphatic carbocycles. The summed E-state index contributed by atoms with van der Waals surface area (Å²) >= 11 is 0. The Kier molecular flexibility index (Phi) is 54.6. The first kappa shape index (κ1) is 24.3. The maximum absolute atomic E-state index is 8.33. The fraction of sp³-hybridized carbons (Fsp3) is 0. The molecule has 0 aromatic heterocycles. The Morgan fingerprint density at radius 3 is 1.29 bits per heavy atom. The molecule has 3 nitrogen and oxygen atoms in total. The van der Waals surface area contributed by atoms with Crippen molar-refractivity contribution in [2.24, 2.45) is 0 Å². The van der Waals surface area contributed by atoms with E-state index in [0.29, 0.717) is 0 Å². The molecule has 0 aromatic carbocycles. The first-order chi connectivity index (χ1) is 1.73. The molecule has 0 aliphatic heterocycles. The van der Waals surface area contributed by atoms with E-state index in [4.69, 9.17) is 15.0 Å². The molecule has 0 saturated heterocycles. The Balaban J connectivity index is -0.0000000150. The molecule has 0 radical (unpaired) electrons. The molecule has 0 heterocycles. The van der Waals surface area contributed by atoms with Crippen LogP contribution in [-0.4, -0.2) is 46.6 Å². The summed E-state index contributed by atoms with van der Waals surface area (Å²) in [7, 11) is 0. The Bertz CT molecular complexity index is 37.9. The molecule has 0 atom stereocenters. The predicted octanol–water partition coefficient (Wildman–Crippen LogP) is -4.01. The number of hydrogen-bond donors (Lipinski definition) is 0. The van der Waals surface area contributed by atoms with E-state index in [9.17, 15) is 0 Å². The second kappa shape index (κ2) is 15.7. The zero-order chi connectivity index (χ0) is 3.58. The van der Waals surface area contributed by atoms with Gasteiger partial charge in [-0.2, -0.15) is 0 Å². The second-order valence-corrected chi connectivity index (χ2v) is 0.250. The normalized spacial score (nSPS) is 3.43. The van der Waals surface area contributed by atoms with Gasteiger partial charge in [0.15, 0.2) is 17.4 Å². The van der Waals surface area contributed by atoms with E-state index in [2.05, 4.69) is 0 Å². The van der Waals surface area contributed by atoms with Crippen molar-refractivity contribution in [2.45, 2.75) is 0 Å². The summed E-state index contributed by atoms with van der Waals surface area (Å²) in [5.74, 6) is 0. The van der Waals surface area contributed by atoms with E-state index in [1.165, 1.54) is 0 Å². The zero-order valence-electron chi connectivity index (χ0n) is 2.79. The molecule has 0 spiro atoms. The van der Waals surface area contributed by atoms with Gasteiger partial charge in [0.25, 0.3) is 0 Å². The van der Waals surface area contributed by atoms with Crippen LogP contribution in [0, 0.1) is 0 Å². The molecule has 0 rings (SSSR count). The van der Waals surface area contributed by atoms with Crippen molar-refractivity contribution in [1.82, 2.24) is 0 Å². The zero-order valence-corrected chi connectivity index (χ0v) is 5.30. The fourth-order valence-corrected chi connectivity index (χ4v) is 0. The topological polar surface area (TPSA) is 63.2 Å². The molecule has 0 fully saturated rings. The molecule has 7 heavy (non-hydrogen) atoms. The van der Waals surface area contributed by atoms with Gasteiger partial charge >= 0.3 is 23.1 Å². The van der Waals surface area contributed by atoms with Crippen LogP contribution in [0.4, 0.5) is 4.79 Å². The number of rotatable bonds is 0. The Hall–Kier alpha value is 1.09. The summed E-state index contributed by atoms with van der Waals surface area (Å²) in [5.41, 5.74) is 0. The number of carbonyl (C=O) groups excluding carboxylic acids is 1. The van der Waals surface area contributed by atoms with E-state index >= 15 is 0 Å². The van der Waals surface area contributed by atoms with E-state index in [-0.39, 0.29) is 57.5 Å². The van der Waals surface area contributed by atoms with Gasteiger partial charge in [-0.3, -0.25) is 0 Å². The summed E-state index contributed by atoms with van der Waals surface area (Å²) in [6.45, 7) is 0. The van der Waals surface area contributed by atoms with E-state index in [1.54, 1.807) is 0 Å². The van der Waals surface area contributed by atoms with Crippen molar-refractivity contribution < 1.29 is 32.1 Å². The fourth-order valence-electron chi connectivity index (χ4n) is 0. The summed E-state index contributed by atoms with van der Waals surface area (Å²) < 4.78 is 0. The summed E-state index contributed by atoms with van der Waals surface area (Å²) in [5, 5.41) is 16.7. The molecular weight excluding hydrogens is 167 g/mol. The third kappa shape index (κ3) is 155. The molecule has 0 aromatic rings. The van der Waals surface area contributed by atoms with Crippen LogP contribution in [0.3, 0.4) is 0 Å². The monoisotopic (exact) mass is 170 g/mol. The van der Waals surface area contributed by atoms with Gasteiger partial charge in [0.05, 0.1) is 0 Å². The minimum Gasteiger partial charge on any atom is -0.652 e. The first-order valence-corrected chi connectivity index (χ1v) is 0.612. The van der Waals surface area contributed by atoms with Crippen LogP contribution < -0.4 is 10.2 Å². The van der Waals surface area contributed by atoms with Gasteiger partial charge < -0.3 is 15.0 Å². The standard InChI is InChI=1S/CH2O3.Al.Fe.Mg.3H/c2-1(3)4;;;;;;/h(H2,2,3,4);;;;;;/q;;;+2;;;/p-2. The van der Waals surface area contributed by atoms with Crippen LogP contribution in [-0.2, 0) is 17.1 Å². The predicted molar refractivity (Wildman–Crippen MR) is 21.1 cm³/mol. The summed E-state index contributed by atoms with van der Waals surface area (Å²) in [6, 6.07) is 0. The summed E-state index contributed by atoms with van der Waals surface area (Å²) in [4.78, 5) is 8.33. The van der Waals surface area contributed by atoms with Gasteiger partial charge in [-0.15, -0.1) is 0 Å². The molecular formula is CH3AlFeMgO3. The molecule has 0 bridgehead atoms. The van der Waals surface area contributed by atoms with Gasteiger partial charge in [0.2, 0.25) is 0 Å². The van der Waals surface area contributed by atoms with Gasteiger partial charge in [0.1, 0.15) is 0 Å². The van der Waals surface area contributed by atoms with Gasteiger partial charge in [-0.1, -0.05) is 0 Å². The molecule has 38 valence electrons. The van der Waals surface area contributed by atoms with Crippen molar-refractivity contribution in [3.63, 3.8) is 0 Å². The Morgan fingerprint density at radius 1 is 1.29 bits per heavy atom. The van der Waals surface area contributed by atoms with Crippen LogP contribution in [0.2, 0.25) is 0 Å². The van der Waals surface area contributed by atoms with Crippen LogP contribution >= 0.6 is 0 Å². The largest absolute Gasteiger partial charge is 2.00 e. The molecule has 0 amide bonds. The average molecular weight is 170 g/mol. The average Bonchev–Trinajstić information content (AvgIpc) is 0.811. The minimum absolute atomic E-state index is 0. The van der Waals surface area contributed by atoms with Crippen molar-refractivity contribution >= 4 is 46.6 Å². The molecule has 0 aliphatic rings. The molecule has 6 heteroatoms. The van der Waals surface area contributed by atoms with E-state index in [1.807, 2.05) is 0 Å². The number of carboxylic acid groups (broad SMARTS) is 2. The quantitative estimate of drug-likeness (QED) is 0.348. The molecule has 0 N–H and O–H groups in total. The maximum Gasteiger partial charge on any atom is 2.00 e. The van der Waals surface area contributed by atoms with Gasteiger partial charge in [-0.25, -0.2) is 0 Å². The van der Waals surface area contributed by atoms with Crippen LogP contribution in [0.1, 0.15) is 0 Å². The van der Waals surface area contributed by atoms with E-state index < -0.39 is 6.16 Å². The van der Waals surface area contributed by atoms with Crippen molar-refractivity contribution in [1.29, 1.82) is 0 Å². The third-order valence-electron chi connectivity index (χ3n) is 0. The van der Waals surface area contributed by atoms with Crippen molar-refractivity contribution in [2.75, 3.05) is 0 Å². The molecule has 0 unspecified atom stereocenters. The minimum atomic E-state index is -2.33. The summed E-state index contributed by atoms with van der Waals surface area (Å²) in [6.07, 6.45) is -2.33. The van der Waals surface area contributed by atoms with Crippen LogP contribution in [0.15, 0.2) is 0 Å². The smallest absolute Gasteiger partial charge is 0.652 e. The van der Waals surface area contributed by atoms with Gasteiger partial charge in [0, 0.05) is 17.1 Å². The Labute approximate surface area is 78.2 Å². The second-order valence-electron chi connectivity index (χ2n) is 0.250. The molecule has 0 saturated carbocycles. The Morgan fingerprint density at radius 2 is 1.29 bits per heavy atom. The number of hydrogen-bond acceptors (Lipinski definition) is 3. The van der Waals surface area contributed by atoms with E-state index in [0.717, 1.165) is 0 Å². The first-order valence-electron chi connectivity index (χ1n) is 0.612. The maximum atomic E-state index is 8.33. The van der Waals surface area contributed by atoms with Crippen LogP contribution in [0.5, 0.6) is 0 Å². The van der Waals surface area contributed by atoms with Gasteiger partial charge in [-0.05, 0) is 6.16 Å². The third-order valence-corrected chi connectivity index (χ3v) is 0. The van der Waals surface area contributed by atoms with Crippen LogP contribution in [0.25, 0.3) is 0 Å². The van der Waals surface area contributed by atoms with Crippen molar-refractivity contribution in [3.05, 3.63) is 0 Å². The SMILES string of the molecule is O=C([O-])[O-].[AlH3].[Fe].[Mg+2]. The number of carbonyl (C=O) groups is 1. The van der Waals surface area contributed by atoms with Crippen molar-refractivity contribution in [3.8, 4) is 0 Å².